The summed E-state index contributed by atoms with van der Waals surface area (Å²) < 4.78 is 11.1. The minimum Gasteiger partial charge on any atom is -0.494 e. The van der Waals surface area contributed by atoms with E-state index in [4.69, 9.17) is 9.47 Å². The van der Waals surface area contributed by atoms with Gasteiger partial charge in [-0.3, -0.25) is 4.79 Å². The zero-order valence-corrected chi connectivity index (χ0v) is 15.5. The molecule has 1 heterocycles. The van der Waals surface area contributed by atoms with Gasteiger partial charge in [-0.15, -0.1) is 0 Å². The van der Waals surface area contributed by atoms with E-state index in [9.17, 15) is 9.59 Å². The number of esters is 1. The second-order valence-electron chi connectivity index (χ2n) is 6.28. The minimum atomic E-state index is -0.708. The van der Waals surface area contributed by atoms with Crippen molar-refractivity contribution >= 4 is 12.0 Å². The fraction of sp³-hybridized carbons (Fsp3) is 0.500. The fourth-order valence-corrected chi connectivity index (χ4v) is 3.04. The van der Waals surface area contributed by atoms with E-state index in [1.54, 1.807) is 0 Å². The summed E-state index contributed by atoms with van der Waals surface area (Å²) in [5.41, 5.74) is 1.07. The average molecular weight is 360 g/mol. The van der Waals surface area contributed by atoms with Crippen LogP contribution in [0.4, 0.5) is 4.79 Å². The molecule has 0 aliphatic carbocycles. The van der Waals surface area contributed by atoms with E-state index in [1.807, 2.05) is 31.2 Å². The molecule has 1 aliphatic rings. The molecule has 6 heteroatoms. The number of benzene rings is 1. The highest BCUT2D eigenvalue weighted by Crippen LogP contribution is 2.35. The van der Waals surface area contributed by atoms with Crippen molar-refractivity contribution in [1.29, 1.82) is 0 Å². The minimum absolute atomic E-state index is 0.337. The molecule has 142 valence electrons. The maximum absolute atomic E-state index is 12.7. The Bertz CT molecular complexity index is 644. The molecule has 1 fully saturated rings. The van der Waals surface area contributed by atoms with Crippen molar-refractivity contribution in [3.05, 3.63) is 42.1 Å². The van der Waals surface area contributed by atoms with Crippen LogP contribution in [0, 0.1) is 5.92 Å². The summed E-state index contributed by atoms with van der Waals surface area (Å²) in [5, 5.41) is 5.40. The van der Waals surface area contributed by atoms with Gasteiger partial charge in [-0.2, -0.15) is 0 Å². The van der Waals surface area contributed by atoms with E-state index in [2.05, 4.69) is 24.1 Å². The van der Waals surface area contributed by atoms with E-state index < -0.39 is 24.0 Å². The highest BCUT2D eigenvalue weighted by Gasteiger charge is 2.40. The molecule has 6 nitrogen and oxygen atoms in total. The van der Waals surface area contributed by atoms with Gasteiger partial charge >= 0.3 is 12.0 Å². The molecular formula is C20H28N2O4. The fourth-order valence-electron chi connectivity index (χ4n) is 3.04. The molecule has 2 rings (SSSR count). The Kier molecular flexibility index (Phi) is 7.51. The van der Waals surface area contributed by atoms with E-state index in [0.717, 1.165) is 31.2 Å². The van der Waals surface area contributed by atoms with Crippen LogP contribution in [0.2, 0.25) is 0 Å². The summed E-state index contributed by atoms with van der Waals surface area (Å²) in [6, 6.07) is 6.40. The smallest absolute Gasteiger partial charge is 0.319 e. The summed E-state index contributed by atoms with van der Waals surface area (Å²) in [6.07, 6.45) is 4.11. The molecule has 0 radical (unpaired) electrons. The predicted molar refractivity (Wildman–Crippen MR) is 99.8 cm³/mol. The topological polar surface area (TPSA) is 76.7 Å². The third-order valence-electron chi connectivity index (χ3n) is 4.32. The van der Waals surface area contributed by atoms with Crippen LogP contribution in [-0.2, 0) is 9.53 Å². The first-order chi connectivity index (χ1) is 12.6. The van der Waals surface area contributed by atoms with Crippen LogP contribution in [0.1, 0.15) is 51.1 Å². The zero-order valence-electron chi connectivity index (χ0n) is 15.5. The first-order valence-corrected chi connectivity index (χ1v) is 9.23. The van der Waals surface area contributed by atoms with E-state index >= 15 is 0 Å². The SMILES string of the molecule is C=C1NC(=O)N[C@H](c2ccccc2OCC)[C@H]1C(=O)OCCCCCC. The highest BCUT2D eigenvalue weighted by atomic mass is 16.5. The second kappa shape index (κ2) is 9.85. The van der Waals surface area contributed by atoms with Crippen molar-refractivity contribution in [2.45, 2.75) is 45.6 Å². The zero-order chi connectivity index (χ0) is 18.9. The van der Waals surface area contributed by atoms with Gasteiger partial charge in [0.05, 0.1) is 19.3 Å². The molecular weight excluding hydrogens is 332 g/mol. The summed E-state index contributed by atoms with van der Waals surface area (Å²) in [5.74, 6) is -0.466. The van der Waals surface area contributed by atoms with Crippen LogP contribution in [0.5, 0.6) is 5.75 Å². The molecule has 0 aromatic heterocycles. The van der Waals surface area contributed by atoms with Crippen LogP contribution in [0.15, 0.2) is 36.5 Å². The monoisotopic (exact) mass is 360 g/mol. The van der Waals surface area contributed by atoms with Gasteiger partial charge in [0.2, 0.25) is 0 Å². The van der Waals surface area contributed by atoms with Crippen LogP contribution >= 0.6 is 0 Å². The number of carbonyl (C=O) groups excluding carboxylic acids is 2. The molecule has 2 atom stereocenters. The number of hydrogen-bond acceptors (Lipinski definition) is 4. The molecule has 2 N–H and O–H groups in total. The molecule has 1 aromatic rings. The number of unbranched alkanes of at least 4 members (excludes halogenated alkanes) is 3. The Morgan fingerprint density at radius 2 is 1.96 bits per heavy atom. The first kappa shape index (κ1) is 19.8. The molecule has 0 unspecified atom stereocenters. The Balaban J connectivity index is 2.17. The summed E-state index contributed by atoms with van der Waals surface area (Å²) >= 11 is 0. The lowest BCUT2D eigenvalue weighted by molar-refractivity contribution is -0.148. The van der Waals surface area contributed by atoms with Crippen LogP contribution < -0.4 is 15.4 Å². The van der Waals surface area contributed by atoms with Crippen LogP contribution in [0.3, 0.4) is 0 Å². The molecule has 1 saturated heterocycles. The van der Waals surface area contributed by atoms with Gasteiger partial charge < -0.3 is 20.1 Å². The second-order valence-corrected chi connectivity index (χ2v) is 6.28. The number of carbonyl (C=O) groups is 2. The number of urea groups is 1. The lowest BCUT2D eigenvalue weighted by atomic mass is 9.88. The molecule has 1 aliphatic heterocycles. The van der Waals surface area contributed by atoms with Crippen LogP contribution in [0.25, 0.3) is 0 Å². The third-order valence-corrected chi connectivity index (χ3v) is 4.32. The number of hydrogen-bond donors (Lipinski definition) is 2. The molecule has 1 aromatic carbocycles. The Morgan fingerprint density at radius 3 is 2.69 bits per heavy atom. The van der Waals surface area contributed by atoms with Gasteiger partial charge in [-0.1, -0.05) is 51.0 Å². The van der Waals surface area contributed by atoms with Crippen LogP contribution in [-0.4, -0.2) is 25.2 Å². The number of rotatable bonds is 9. The normalized spacial score (nSPS) is 19.5. The molecule has 26 heavy (non-hydrogen) atoms. The maximum atomic E-state index is 12.7. The molecule has 0 spiro atoms. The first-order valence-electron chi connectivity index (χ1n) is 9.23. The lowest BCUT2D eigenvalue weighted by Crippen LogP contribution is -2.51. The summed E-state index contributed by atoms with van der Waals surface area (Å²) in [6.45, 7) is 8.74. The Hall–Kier alpha value is -2.50. The van der Waals surface area contributed by atoms with Gasteiger partial charge in [-0.05, 0) is 19.4 Å². The number of para-hydroxylation sites is 1. The number of nitrogens with one attached hydrogen (secondary N) is 2. The number of amides is 2. The Morgan fingerprint density at radius 1 is 1.19 bits per heavy atom. The van der Waals surface area contributed by atoms with Crippen molar-refractivity contribution in [2.75, 3.05) is 13.2 Å². The lowest BCUT2D eigenvalue weighted by Gasteiger charge is -2.34. The van der Waals surface area contributed by atoms with Gasteiger partial charge in [0.1, 0.15) is 11.7 Å². The van der Waals surface area contributed by atoms with Gasteiger partial charge in [0, 0.05) is 11.3 Å². The van der Waals surface area contributed by atoms with Crippen molar-refractivity contribution in [3.63, 3.8) is 0 Å². The van der Waals surface area contributed by atoms with Crippen molar-refractivity contribution in [1.82, 2.24) is 10.6 Å². The molecule has 0 bridgehead atoms. The van der Waals surface area contributed by atoms with E-state index in [1.165, 1.54) is 0 Å². The average Bonchev–Trinajstić information content (AvgIpc) is 2.61. The summed E-state index contributed by atoms with van der Waals surface area (Å²) in [4.78, 5) is 24.6. The standard InChI is InChI=1S/C20H28N2O4/c1-4-6-7-10-13-26-19(23)17-14(3)21-20(24)22-18(17)15-11-8-9-12-16(15)25-5-2/h8-9,11-12,17-18H,3-7,10,13H2,1-2H3,(H2,21,22,24)/t17-,18+/m0/s1. The molecule has 2 amide bonds. The van der Waals surface area contributed by atoms with E-state index in [-0.39, 0.29) is 0 Å². The van der Waals surface area contributed by atoms with Gasteiger partial charge in [0.15, 0.2) is 0 Å². The maximum Gasteiger partial charge on any atom is 0.319 e. The Labute approximate surface area is 154 Å². The molecule has 0 saturated carbocycles. The number of ether oxygens (including phenoxy) is 2. The van der Waals surface area contributed by atoms with Gasteiger partial charge in [-0.25, -0.2) is 4.79 Å². The van der Waals surface area contributed by atoms with Crippen molar-refractivity contribution in [2.24, 2.45) is 5.92 Å². The quantitative estimate of drug-likeness (QED) is 0.520. The van der Waals surface area contributed by atoms with Crippen molar-refractivity contribution in [3.8, 4) is 5.75 Å². The summed E-state index contributed by atoms with van der Waals surface area (Å²) in [7, 11) is 0. The van der Waals surface area contributed by atoms with Crippen molar-refractivity contribution < 1.29 is 19.1 Å². The van der Waals surface area contributed by atoms with Gasteiger partial charge in [0.25, 0.3) is 0 Å². The largest absolute Gasteiger partial charge is 0.494 e. The van der Waals surface area contributed by atoms with E-state index in [0.29, 0.717) is 24.7 Å². The highest BCUT2D eigenvalue weighted by molar-refractivity contribution is 5.85. The third kappa shape index (κ3) is 5.00. The predicted octanol–water partition coefficient (Wildman–Crippen LogP) is 3.69.